The van der Waals surface area contributed by atoms with Crippen LogP contribution >= 0.6 is 0 Å². The van der Waals surface area contributed by atoms with Crippen LogP contribution in [0, 0.1) is 34.5 Å². The first-order chi connectivity index (χ1) is 17.5. The van der Waals surface area contributed by atoms with E-state index in [1.54, 1.807) is 6.08 Å². The third-order valence-electron chi connectivity index (χ3n) is 11.7. The lowest BCUT2D eigenvalue weighted by Crippen LogP contribution is -2.63. The zero-order chi connectivity index (χ0) is 26.3. The quantitative estimate of drug-likeness (QED) is 0.385. The zero-order valence-electron chi connectivity index (χ0n) is 22.2. The molecule has 8 nitrogen and oxygen atoms in total. The minimum Gasteiger partial charge on any atom is -0.458 e. The van der Waals surface area contributed by atoms with Crippen LogP contribution in [0.2, 0.25) is 0 Å². The normalized spacial score (nSPS) is 53.7. The summed E-state index contributed by atoms with van der Waals surface area (Å²) in [6.07, 6.45) is 4.70. The molecule has 206 valence electrons. The summed E-state index contributed by atoms with van der Waals surface area (Å²) in [4.78, 5) is 24.2. The molecule has 0 spiro atoms. The Morgan fingerprint density at radius 2 is 1.81 bits per heavy atom. The van der Waals surface area contributed by atoms with E-state index < -0.39 is 36.0 Å². The van der Waals surface area contributed by atoms with E-state index in [9.17, 15) is 24.9 Å². The Morgan fingerprint density at radius 1 is 1.03 bits per heavy atom. The average Bonchev–Trinajstić information content (AvgIpc) is 3.37. The molecule has 4 aliphatic carbocycles. The first kappa shape index (κ1) is 25.9. The van der Waals surface area contributed by atoms with Gasteiger partial charge in [0, 0.05) is 17.9 Å². The molecule has 0 bridgehead atoms. The summed E-state index contributed by atoms with van der Waals surface area (Å²) in [5.41, 5.74) is -0.179. The van der Waals surface area contributed by atoms with Crippen LogP contribution in [-0.4, -0.2) is 70.0 Å². The van der Waals surface area contributed by atoms with Crippen LogP contribution in [0.15, 0.2) is 11.6 Å². The fourth-order valence-corrected chi connectivity index (χ4v) is 9.74. The van der Waals surface area contributed by atoms with Crippen molar-refractivity contribution in [1.29, 1.82) is 0 Å². The standard InChI is InChI=1S/C29H42O8/c1-15-10-21(30)25(33)26(36-15)37-23-12-17-4-5-20-19(27(17,2)13-22(23)31)6-8-28(3)18(7-9-29(20,28)34)16-11-24(32)35-14-16/h11,15,17-23,26,30-31,34H,4-10,12-14H2,1-3H3/t15?,17-,18?,19?,20?,21?,22+,23+,26?,27-,28+,29-/m0/s1. The van der Waals surface area contributed by atoms with Gasteiger partial charge in [-0.15, -0.1) is 0 Å². The number of carbonyl (C=O) groups excluding carboxylic acids is 2. The van der Waals surface area contributed by atoms with Crippen LogP contribution in [0.25, 0.3) is 0 Å². The fraction of sp³-hybridized carbons (Fsp3) is 0.862. The Hall–Kier alpha value is -1.32. The average molecular weight is 519 g/mol. The van der Waals surface area contributed by atoms with Crippen molar-refractivity contribution in [3.05, 3.63) is 11.6 Å². The highest BCUT2D eigenvalue weighted by Gasteiger charge is 2.68. The first-order valence-corrected chi connectivity index (χ1v) is 14.3. The maximum Gasteiger partial charge on any atom is 0.331 e. The summed E-state index contributed by atoms with van der Waals surface area (Å²) >= 11 is 0. The molecule has 4 saturated carbocycles. The van der Waals surface area contributed by atoms with Crippen molar-refractivity contribution < 1.29 is 39.1 Å². The predicted octanol–water partition coefficient (Wildman–Crippen LogP) is 2.66. The number of Topliss-reactive ketones (excluding diaryl/α,β-unsaturated/α-hetero) is 1. The Balaban J connectivity index is 1.20. The number of carbonyl (C=O) groups is 2. The largest absolute Gasteiger partial charge is 0.458 e. The summed E-state index contributed by atoms with van der Waals surface area (Å²) in [6, 6.07) is 0. The van der Waals surface area contributed by atoms with Crippen molar-refractivity contribution in [3.8, 4) is 0 Å². The van der Waals surface area contributed by atoms with Crippen LogP contribution in [0.5, 0.6) is 0 Å². The molecule has 12 atom stereocenters. The van der Waals surface area contributed by atoms with E-state index in [-0.39, 0.29) is 41.2 Å². The van der Waals surface area contributed by atoms with Crippen molar-refractivity contribution in [2.45, 2.75) is 115 Å². The third-order valence-corrected chi connectivity index (χ3v) is 11.7. The topological polar surface area (TPSA) is 123 Å². The number of esters is 1. The van der Waals surface area contributed by atoms with Gasteiger partial charge in [0.05, 0.1) is 23.9 Å². The molecule has 8 heteroatoms. The van der Waals surface area contributed by atoms with E-state index in [0.717, 1.165) is 44.1 Å². The number of ketones is 1. The second-order valence-electron chi connectivity index (χ2n) is 13.4. The number of rotatable bonds is 3. The number of cyclic esters (lactones) is 1. The zero-order valence-corrected chi connectivity index (χ0v) is 22.2. The van der Waals surface area contributed by atoms with E-state index in [1.165, 1.54) is 0 Å². The van der Waals surface area contributed by atoms with Gasteiger partial charge in [-0.05, 0) is 93.0 Å². The molecular weight excluding hydrogens is 476 g/mol. The summed E-state index contributed by atoms with van der Waals surface area (Å²) < 4.78 is 16.9. The molecule has 5 fully saturated rings. The number of hydrogen-bond acceptors (Lipinski definition) is 8. The lowest BCUT2D eigenvalue weighted by molar-refractivity contribution is -0.255. The van der Waals surface area contributed by atoms with Gasteiger partial charge in [0.2, 0.25) is 12.1 Å². The minimum absolute atomic E-state index is 0.132. The summed E-state index contributed by atoms with van der Waals surface area (Å²) in [6.45, 7) is 6.66. The molecule has 6 unspecified atom stereocenters. The van der Waals surface area contributed by atoms with Crippen LogP contribution in [0.4, 0.5) is 0 Å². The van der Waals surface area contributed by atoms with E-state index in [1.807, 2.05) is 6.92 Å². The van der Waals surface area contributed by atoms with Crippen LogP contribution in [-0.2, 0) is 23.8 Å². The van der Waals surface area contributed by atoms with Gasteiger partial charge in [0.15, 0.2) is 0 Å². The van der Waals surface area contributed by atoms with Gasteiger partial charge in [-0.25, -0.2) is 4.79 Å². The second-order valence-corrected chi connectivity index (χ2v) is 13.4. The summed E-state index contributed by atoms with van der Waals surface area (Å²) in [5, 5.41) is 33.7. The molecule has 0 aromatic carbocycles. The molecule has 0 aromatic rings. The minimum atomic E-state index is -1.13. The molecule has 6 aliphatic rings. The van der Waals surface area contributed by atoms with E-state index in [2.05, 4.69) is 13.8 Å². The second kappa shape index (κ2) is 8.85. The van der Waals surface area contributed by atoms with Crippen molar-refractivity contribution in [2.75, 3.05) is 6.61 Å². The van der Waals surface area contributed by atoms with E-state index in [4.69, 9.17) is 14.2 Å². The molecule has 37 heavy (non-hydrogen) atoms. The maximum atomic E-state index is 12.5. The number of aliphatic hydroxyl groups excluding tert-OH is 2. The number of fused-ring (bicyclic) bond motifs is 5. The Kier molecular flexibility index (Phi) is 6.20. The van der Waals surface area contributed by atoms with Crippen molar-refractivity contribution in [3.63, 3.8) is 0 Å². The highest BCUT2D eigenvalue weighted by atomic mass is 16.7. The molecule has 0 radical (unpaired) electrons. The van der Waals surface area contributed by atoms with Crippen molar-refractivity contribution in [2.24, 2.45) is 34.5 Å². The smallest absolute Gasteiger partial charge is 0.331 e. The van der Waals surface area contributed by atoms with Gasteiger partial charge in [-0.2, -0.15) is 0 Å². The lowest BCUT2D eigenvalue weighted by atomic mass is 9.43. The van der Waals surface area contributed by atoms with Crippen molar-refractivity contribution >= 4 is 11.8 Å². The Bertz CT molecular complexity index is 994. The molecule has 6 rings (SSSR count). The summed E-state index contributed by atoms with van der Waals surface area (Å²) in [7, 11) is 0. The molecule has 0 amide bonds. The summed E-state index contributed by atoms with van der Waals surface area (Å²) in [5.74, 6) is 0.195. The molecule has 0 aromatic heterocycles. The number of hydrogen-bond donors (Lipinski definition) is 3. The van der Waals surface area contributed by atoms with Crippen LogP contribution in [0.1, 0.15) is 78.6 Å². The SMILES string of the molecule is CC1CC(O)C(=O)C(O[C@@H]2C[C@@H]3CCC4C(CC[C@]5(C)C(C6=CC(=O)OC6)CC[C@]45O)[C@@]3(C)C[C@H]2O)O1. The van der Waals surface area contributed by atoms with Gasteiger partial charge in [-0.3, -0.25) is 4.79 Å². The highest BCUT2D eigenvalue weighted by molar-refractivity contribution is 5.86. The van der Waals surface area contributed by atoms with Crippen LogP contribution in [0.3, 0.4) is 0 Å². The Labute approximate surface area is 218 Å². The van der Waals surface area contributed by atoms with Crippen molar-refractivity contribution in [1.82, 2.24) is 0 Å². The maximum absolute atomic E-state index is 12.5. The van der Waals surface area contributed by atoms with Gasteiger partial charge >= 0.3 is 5.97 Å². The van der Waals surface area contributed by atoms with Gasteiger partial charge < -0.3 is 29.5 Å². The molecule has 3 N–H and O–H groups in total. The first-order valence-electron chi connectivity index (χ1n) is 14.3. The van der Waals surface area contributed by atoms with Crippen LogP contribution < -0.4 is 0 Å². The van der Waals surface area contributed by atoms with E-state index in [0.29, 0.717) is 31.3 Å². The lowest BCUT2D eigenvalue weighted by Gasteiger charge is -2.64. The monoisotopic (exact) mass is 518 g/mol. The molecular formula is C29H42O8. The van der Waals surface area contributed by atoms with Gasteiger partial charge in [0.1, 0.15) is 12.7 Å². The highest BCUT2D eigenvalue weighted by Crippen LogP contribution is 2.70. The number of aliphatic hydroxyl groups is 3. The Morgan fingerprint density at radius 3 is 2.54 bits per heavy atom. The molecule has 2 aliphatic heterocycles. The molecule has 1 saturated heterocycles. The van der Waals surface area contributed by atoms with E-state index >= 15 is 0 Å². The third kappa shape index (κ3) is 3.80. The molecule has 2 heterocycles. The predicted molar refractivity (Wildman–Crippen MR) is 132 cm³/mol. The number of ether oxygens (including phenoxy) is 3. The van der Waals surface area contributed by atoms with Gasteiger partial charge in [-0.1, -0.05) is 13.8 Å². The fourth-order valence-electron chi connectivity index (χ4n) is 9.74. The van der Waals surface area contributed by atoms with Gasteiger partial charge in [0.25, 0.3) is 0 Å².